The first-order valence-corrected chi connectivity index (χ1v) is 5.41. The van der Waals surface area contributed by atoms with Crippen LogP contribution in [-0.4, -0.2) is 12.6 Å². The SMILES string of the molecule is CNC(C)(C)Cc1ccc(C(F)(F)F)s1. The molecule has 0 aliphatic heterocycles. The van der Waals surface area contributed by atoms with Crippen molar-refractivity contribution in [1.82, 2.24) is 5.32 Å². The molecule has 1 N–H and O–H groups in total. The van der Waals surface area contributed by atoms with Gasteiger partial charge in [0.1, 0.15) is 4.88 Å². The van der Waals surface area contributed by atoms with Gasteiger partial charge in [0.05, 0.1) is 0 Å². The van der Waals surface area contributed by atoms with E-state index in [1.165, 1.54) is 0 Å². The summed E-state index contributed by atoms with van der Waals surface area (Å²) in [7, 11) is 1.80. The quantitative estimate of drug-likeness (QED) is 0.850. The number of hydrogen-bond acceptors (Lipinski definition) is 2. The van der Waals surface area contributed by atoms with Crippen molar-refractivity contribution in [3.05, 3.63) is 21.9 Å². The van der Waals surface area contributed by atoms with Gasteiger partial charge in [-0.2, -0.15) is 13.2 Å². The molecule has 1 rings (SSSR count). The predicted octanol–water partition coefficient (Wildman–Crippen LogP) is 3.31. The van der Waals surface area contributed by atoms with E-state index in [-0.39, 0.29) is 5.54 Å². The van der Waals surface area contributed by atoms with Gasteiger partial charge in [0, 0.05) is 10.4 Å². The van der Waals surface area contributed by atoms with Gasteiger partial charge in [-0.15, -0.1) is 11.3 Å². The first kappa shape index (κ1) is 12.5. The molecule has 0 bridgehead atoms. The highest BCUT2D eigenvalue weighted by Crippen LogP contribution is 2.35. The Balaban J connectivity index is 2.78. The average Bonchev–Trinajstić information content (AvgIpc) is 2.51. The van der Waals surface area contributed by atoms with Crippen LogP contribution in [0.1, 0.15) is 23.6 Å². The van der Waals surface area contributed by atoms with E-state index < -0.39 is 11.1 Å². The van der Waals surface area contributed by atoms with Gasteiger partial charge in [-0.1, -0.05) is 0 Å². The van der Waals surface area contributed by atoms with Crippen molar-refractivity contribution >= 4 is 11.3 Å². The van der Waals surface area contributed by atoms with E-state index in [9.17, 15) is 13.2 Å². The highest BCUT2D eigenvalue weighted by atomic mass is 32.1. The van der Waals surface area contributed by atoms with Crippen molar-refractivity contribution in [2.75, 3.05) is 7.05 Å². The van der Waals surface area contributed by atoms with E-state index in [2.05, 4.69) is 5.32 Å². The molecule has 5 heteroatoms. The number of halogens is 3. The molecular weight excluding hydrogens is 223 g/mol. The lowest BCUT2D eigenvalue weighted by Crippen LogP contribution is -2.38. The Morgan fingerprint density at radius 1 is 1.27 bits per heavy atom. The van der Waals surface area contributed by atoms with Crippen LogP contribution in [0, 0.1) is 0 Å². The number of likely N-dealkylation sites (N-methyl/N-ethyl adjacent to an activating group) is 1. The third-order valence-electron chi connectivity index (χ3n) is 2.23. The van der Waals surface area contributed by atoms with Crippen molar-refractivity contribution in [2.45, 2.75) is 32.0 Å². The fourth-order valence-electron chi connectivity index (χ4n) is 1.15. The molecule has 1 aromatic heterocycles. The average molecular weight is 237 g/mol. The van der Waals surface area contributed by atoms with Crippen LogP contribution in [0.15, 0.2) is 12.1 Å². The maximum absolute atomic E-state index is 12.3. The Bertz CT molecular complexity index is 328. The Morgan fingerprint density at radius 3 is 2.27 bits per heavy atom. The second-order valence-corrected chi connectivity index (χ2v) is 5.24. The van der Waals surface area contributed by atoms with Crippen LogP contribution in [0.4, 0.5) is 13.2 Å². The van der Waals surface area contributed by atoms with Crippen molar-refractivity contribution in [2.24, 2.45) is 0 Å². The maximum Gasteiger partial charge on any atom is 0.425 e. The lowest BCUT2D eigenvalue weighted by molar-refractivity contribution is -0.134. The molecule has 0 spiro atoms. The molecular formula is C10H14F3NS. The molecule has 0 amide bonds. The smallest absolute Gasteiger partial charge is 0.314 e. The van der Waals surface area contributed by atoms with Crippen molar-refractivity contribution in [3.63, 3.8) is 0 Å². The summed E-state index contributed by atoms with van der Waals surface area (Å²) < 4.78 is 36.9. The van der Waals surface area contributed by atoms with Gasteiger partial charge < -0.3 is 5.32 Å². The minimum Gasteiger partial charge on any atom is -0.314 e. The standard InChI is InChI=1S/C10H14F3NS/c1-9(2,14-3)6-7-4-5-8(15-7)10(11,12)13/h4-5,14H,6H2,1-3H3. The normalized spacial score (nSPS) is 13.2. The molecule has 0 saturated carbocycles. The minimum atomic E-state index is -4.22. The number of thiophene rings is 1. The van der Waals surface area contributed by atoms with Crippen molar-refractivity contribution in [1.29, 1.82) is 0 Å². The number of hydrogen-bond donors (Lipinski definition) is 1. The van der Waals surface area contributed by atoms with Gasteiger partial charge in [0.2, 0.25) is 0 Å². The van der Waals surface area contributed by atoms with E-state index >= 15 is 0 Å². The molecule has 0 fully saturated rings. The second-order valence-electron chi connectivity index (χ2n) is 4.07. The fraction of sp³-hybridized carbons (Fsp3) is 0.600. The fourth-order valence-corrected chi connectivity index (χ4v) is 2.25. The third kappa shape index (κ3) is 3.50. The summed E-state index contributed by atoms with van der Waals surface area (Å²) >= 11 is 0.817. The van der Waals surface area contributed by atoms with Gasteiger partial charge in [0.15, 0.2) is 0 Å². The third-order valence-corrected chi connectivity index (χ3v) is 3.36. The van der Waals surface area contributed by atoms with E-state index in [4.69, 9.17) is 0 Å². The molecule has 86 valence electrons. The summed E-state index contributed by atoms with van der Waals surface area (Å²) in [6.07, 6.45) is -3.61. The van der Waals surface area contributed by atoms with Gasteiger partial charge >= 0.3 is 6.18 Å². The predicted molar refractivity (Wildman–Crippen MR) is 56.2 cm³/mol. The van der Waals surface area contributed by atoms with Gasteiger partial charge in [0.25, 0.3) is 0 Å². The molecule has 0 aromatic carbocycles. The first-order chi connectivity index (χ1) is 6.74. The van der Waals surface area contributed by atoms with E-state index in [1.54, 1.807) is 13.1 Å². The zero-order chi connectivity index (χ0) is 11.7. The van der Waals surface area contributed by atoms with Crippen LogP contribution in [-0.2, 0) is 12.6 Å². The Kier molecular flexibility index (Phi) is 3.45. The number of nitrogens with one attached hydrogen (secondary N) is 1. The highest BCUT2D eigenvalue weighted by molar-refractivity contribution is 7.12. The largest absolute Gasteiger partial charge is 0.425 e. The van der Waals surface area contributed by atoms with Gasteiger partial charge in [-0.3, -0.25) is 0 Å². The summed E-state index contributed by atoms with van der Waals surface area (Å²) in [5.74, 6) is 0. The lowest BCUT2D eigenvalue weighted by Gasteiger charge is -2.22. The van der Waals surface area contributed by atoms with Crippen LogP contribution in [0.2, 0.25) is 0 Å². The monoisotopic (exact) mass is 237 g/mol. The molecule has 0 radical (unpaired) electrons. The molecule has 1 aromatic rings. The first-order valence-electron chi connectivity index (χ1n) is 4.59. The van der Waals surface area contributed by atoms with Crippen LogP contribution in [0.3, 0.4) is 0 Å². The summed E-state index contributed by atoms with van der Waals surface area (Å²) in [5.41, 5.74) is -0.173. The Labute approximate surface area is 91.3 Å². The summed E-state index contributed by atoms with van der Waals surface area (Å²) in [6, 6.07) is 2.69. The summed E-state index contributed by atoms with van der Waals surface area (Å²) in [4.78, 5) is 0.228. The summed E-state index contributed by atoms with van der Waals surface area (Å²) in [6.45, 7) is 3.92. The molecule has 0 unspecified atom stereocenters. The molecule has 0 atom stereocenters. The highest BCUT2D eigenvalue weighted by Gasteiger charge is 2.32. The molecule has 0 saturated heterocycles. The van der Waals surface area contributed by atoms with E-state index in [0.29, 0.717) is 6.42 Å². The number of rotatable bonds is 3. The van der Waals surface area contributed by atoms with Crippen LogP contribution in [0.25, 0.3) is 0 Å². The second kappa shape index (κ2) is 4.14. The van der Waals surface area contributed by atoms with E-state index in [1.807, 2.05) is 13.8 Å². The van der Waals surface area contributed by atoms with Gasteiger partial charge in [-0.25, -0.2) is 0 Å². The number of alkyl halides is 3. The van der Waals surface area contributed by atoms with Gasteiger partial charge in [-0.05, 0) is 39.4 Å². The van der Waals surface area contributed by atoms with Crippen LogP contribution in [0.5, 0.6) is 0 Å². The molecule has 0 aliphatic rings. The van der Waals surface area contributed by atoms with Crippen molar-refractivity contribution < 1.29 is 13.2 Å². The minimum absolute atomic E-state index is 0.173. The van der Waals surface area contributed by atoms with Crippen LogP contribution >= 0.6 is 11.3 Å². The molecule has 15 heavy (non-hydrogen) atoms. The zero-order valence-electron chi connectivity index (χ0n) is 8.90. The lowest BCUT2D eigenvalue weighted by atomic mass is 10.0. The summed E-state index contributed by atoms with van der Waals surface area (Å²) in [5, 5.41) is 3.06. The zero-order valence-corrected chi connectivity index (χ0v) is 9.72. The Hall–Kier alpha value is -0.550. The van der Waals surface area contributed by atoms with Crippen LogP contribution < -0.4 is 5.32 Å². The van der Waals surface area contributed by atoms with E-state index in [0.717, 1.165) is 22.3 Å². The maximum atomic E-state index is 12.3. The van der Waals surface area contributed by atoms with Crippen molar-refractivity contribution in [3.8, 4) is 0 Å². The topological polar surface area (TPSA) is 12.0 Å². The molecule has 1 heterocycles. The Morgan fingerprint density at radius 2 is 1.87 bits per heavy atom. The molecule has 1 nitrogen and oxygen atoms in total. The molecule has 0 aliphatic carbocycles.